The molecule has 0 atom stereocenters. The average Bonchev–Trinajstić information content (AvgIpc) is 2.94. The van der Waals surface area contributed by atoms with Crippen LogP contribution in [0.3, 0.4) is 0 Å². The normalized spacial score (nSPS) is 10.9. The molecule has 1 aromatic heterocycles. The van der Waals surface area contributed by atoms with Crippen LogP contribution in [0.5, 0.6) is 0 Å². The molecule has 0 radical (unpaired) electrons. The number of aryl methyl sites for hydroxylation is 1. The summed E-state index contributed by atoms with van der Waals surface area (Å²) >= 11 is 0. The van der Waals surface area contributed by atoms with E-state index in [1.165, 1.54) is 29.8 Å². The molecule has 0 aliphatic rings. The summed E-state index contributed by atoms with van der Waals surface area (Å²) in [6.07, 6.45) is 4.52. The molecule has 0 amide bonds. The number of aromatic nitrogens is 2. The molecule has 0 saturated carbocycles. The van der Waals surface area contributed by atoms with Gasteiger partial charge in [0.05, 0.1) is 23.6 Å². The highest BCUT2D eigenvalue weighted by atomic mass is 16.6. The van der Waals surface area contributed by atoms with Crippen LogP contribution >= 0.6 is 0 Å². The summed E-state index contributed by atoms with van der Waals surface area (Å²) in [7, 11) is 0. The molecule has 1 N–H and O–H groups in total. The fraction of sp³-hybridized carbons (Fsp3) is 0.188. The molecule has 8 heteroatoms. The van der Waals surface area contributed by atoms with Crippen molar-refractivity contribution in [1.29, 1.82) is 0 Å². The first-order valence-corrected chi connectivity index (χ1v) is 7.09. The molecule has 0 aliphatic heterocycles. The van der Waals surface area contributed by atoms with Gasteiger partial charge in [-0.15, -0.1) is 0 Å². The van der Waals surface area contributed by atoms with Crippen molar-refractivity contribution in [3.8, 4) is 11.3 Å². The van der Waals surface area contributed by atoms with Gasteiger partial charge in [0, 0.05) is 29.5 Å². The van der Waals surface area contributed by atoms with Crippen molar-refractivity contribution in [2.75, 3.05) is 0 Å². The van der Waals surface area contributed by atoms with Crippen LogP contribution in [0.15, 0.2) is 36.5 Å². The molecule has 0 aliphatic carbocycles. The van der Waals surface area contributed by atoms with E-state index in [1.54, 1.807) is 24.4 Å². The number of carboxylic acid groups (broad SMARTS) is 1. The Bertz CT molecular complexity index is 806. The summed E-state index contributed by atoms with van der Waals surface area (Å²) in [5.74, 6) is -1.08. The van der Waals surface area contributed by atoms with Gasteiger partial charge in [0.15, 0.2) is 5.78 Å². The maximum atomic E-state index is 11.1. The highest BCUT2D eigenvalue weighted by Gasteiger charge is 2.12. The summed E-state index contributed by atoms with van der Waals surface area (Å²) < 4.78 is 1.48. The van der Waals surface area contributed by atoms with E-state index in [0.29, 0.717) is 16.8 Å². The lowest BCUT2D eigenvalue weighted by Crippen LogP contribution is -2.04. The number of aliphatic carboxylic acids is 1. The number of nitro groups is 1. The number of hydrogen-bond donors (Lipinski definition) is 1. The van der Waals surface area contributed by atoms with Gasteiger partial charge in [0.2, 0.25) is 0 Å². The number of non-ortho nitro benzene ring substituents is 1. The molecular formula is C16H15N3O5. The van der Waals surface area contributed by atoms with Gasteiger partial charge < -0.3 is 5.11 Å². The quantitative estimate of drug-likeness (QED) is 0.474. The minimum absolute atomic E-state index is 0.0371. The molecular weight excluding hydrogens is 314 g/mol. The Morgan fingerprint density at radius 2 is 2.00 bits per heavy atom. The second-order valence-corrected chi connectivity index (χ2v) is 5.09. The highest BCUT2D eigenvalue weighted by molar-refractivity contribution is 5.92. The van der Waals surface area contributed by atoms with Crippen LogP contribution in [0.25, 0.3) is 17.3 Å². The zero-order valence-electron chi connectivity index (χ0n) is 12.9. The van der Waals surface area contributed by atoms with E-state index in [-0.39, 0.29) is 24.4 Å². The monoisotopic (exact) mass is 329 g/mol. The molecule has 24 heavy (non-hydrogen) atoms. The lowest BCUT2D eigenvalue weighted by Gasteiger charge is -1.99. The number of carbonyl (C=O) groups is 2. The molecule has 124 valence electrons. The third-order valence-electron chi connectivity index (χ3n) is 3.19. The van der Waals surface area contributed by atoms with Gasteiger partial charge in [-0.05, 0) is 31.2 Å². The van der Waals surface area contributed by atoms with Crippen molar-refractivity contribution in [3.63, 3.8) is 0 Å². The first-order chi connectivity index (χ1) is 11.4. The van der Waals surface area contributed by atoms with Crippen LogP contribution in [0.2, 0.25) is 0 Å². The number of allylic oxidation sites excluding steroid dienone is 1. The van der Waals surface area contributed by atoms with Crippen LogP contribution in [0, 0.1) is 10.1 Å². The SMILES string of the molecule is CC(=O)/C=C/c1cn(CCC(=O)O)nc1-c1ccc([N+](=O)[O-])cc1. The third kappa shape index (κ3) is 4.35. The topological polar surface area (TPSA) is 115 Å². The maximum absolute atomic E-state index is 11.1. The van der Waals surface area contributed by atoms with Gasteiger partial charge in [-0.1, -0.05) is 0 Å². The number of benzene rings is 1. The zero-order chi connectivity index (χ0) is 17.7. The maximum Gasteiger partial charge on any atom is 0.305 e. The average molecular weight is 329 g/mol. The van der Waals surface area contributed by atoms with Crippen molar-refractivity contribution in [2.45, 2.75) is 19.9 Å². The van der Waals surface area contributed by atoms with Gasteiger partial charge in [-0.3, -0.25) is 24.4 Å². The van der Waals surface area contributed by atoms with Crippen LogP contribution < -0.4 is 0 Å². The number of ketones is 1. The molecule has 2 rings (SSSR count). The number of rotatable bonds is 7. The summed E-state index contributed by atoms with van der Waals surface area (Å²) in [6.45, 7) is 1.60. The predicted molar refractivity (Wildman–Crippen MR) is 86.3 cm³/mol. The Kier molecular flexibility index (Phi) is 5.20. The van der Waals surface area contributed by atoms with E-state index in [4.69, 9.17) is 5.11 Å². The van der Waals surface area contributed by atoms with Gasteiger partial charge >= 0.3 is 5.97 Å². The molecule has 1 aromatic carbocycles. The molecule has 8 nitrogen and oxygen atoms in total. The molecule has 0 spiro atoms. The van der Waals surface area contributed by atoms with Gasteiger partial charge in [0.25, 0.3) is 5.69 Å². The van der Waals surface area contributed by atoms with Crippen molar-refractivity contribution in [3.05, 3.63) is 52.2 Å². The second-order valence-electron chi connectivity index (χ2n) is 5.09. The van der Waals surface area contributed by atoms with Crippen molar-refractivity contribution < 1.29 is 19.6 Å². The summed E-state index contributed by atoms with van der Waals surface area (Å²) in [5, 5.41) is 23.8. The Balaban J connectivity index is 2.39. The number of carbonyl (C=O) groups excluding carboxylic acids is 1. The summed E-state index contributed by atoms with van der Waals surface area (Å²) in [4.78, 5) is 32.1. The highest BCUT2D eigenvalue weighted by Crippen LogP contribution is 2.25. The van der Waals surface area contributed by atoms with Crippen molar-refractivity contribution >= 4 is 23.5 Å². The minimum atomic E-state index is -0.941. The second kappa shape index (κ2) is 7.32. The Labute approximate surface area is 137 Å². The molecule has 1 heterocycles. The Hall–Kier alpha value is -3.29. The first-order valence-electron chi connectivity index (χ1n) is 7.09. The van der Waals surface area contributed by atoms with E-state index >= 15 is 0 Å². The van der Waals surface area contributed by atoms with E-state index in [2.05, 4.69) is 5.10 Å². The van der Waals surface area contributed by atoms with Crippen LogP contribution in [-0.4, -0.2) is 31.6 Å². The standard InChI is InChI=1S/C16H15N3O5/c1-11(20)2-3-13-10-18(9-8-15(21)22)17-16(13)12-4-6-14(7-5-12)19(23)24/h2-7,10H,8-9H2,1H3,(H,21,22)/b3-2+. The fourth-order valence-electron chi connectivity index (χ4n) is 2.06. The molecule has 2 aromatic rings. The Morgan fingerprint density at radius 3 is 2.54 bits per heavy atom. The predicted octanol–water partition coefficient (Wildman–Crippen LogP) is 2.54. The first kappa shape index (κ1) is 17.1. The van der Waals surface area contributed by atoms with Gasteiger partial charge in [0.1, 0.15) is 0 Å². The minimum Gasteiger partial charge on any atom is -0.481 e. The van der Waals surface area contributed by atoms with Gasteiger partial charge in [-0.2, -0.15) is 5.10 Å². The third-order valence-corrected chi connectivity index (χ3v) is 3.19. The molecule has 0 unspecified atom stereocenters. The Morgan fingerprint density at radius 1 is 1.33 bits per heavy atom. The van der Waals surface area contributed by atoms with E-state index < -0.39 is 10.9 Å². The smallest absolute Gasteiger partial charge is 0.305 e. The van der Waals surface area contributed by atoms with Gasteiger partial charge in [-0.25, -0.2) is 0 Å². The van der Waals surface area contributed by atoms with Crippen LogP contribution in [0.4, 0.5) is 5.69 Å². The number of carboxylic acids is 1. The van der Waals surface area contributed by atoms with E-state index in [9.17, 15) is 19.7 Å². The molecule has 0 fully saturated rings. The zero-order valence-corrected chi connectivity index (χ0v) is 12.9. The fourth-order valence-corrected chi connectivity index (χ4v) is 2.06. The van der Waals surface area contributed by atoms with E-state index in [0.717, 1.165) is 0 Å². The summed E-state index contributed by atoms with van der Waals surface area (Å²) in [6, 6.07) is 5.86. The van der Waals surface area contributed by atoms with E-state index in [1.807, 2.05) is 0 Å². The number of hydrogen-bond acceptors (Lipinski definition) is 5. The lowest BCUT2D eigenvalue weighted by atomic mass is 10.1. The van der Waals surface area contributed by atoms with Crippen LogP contribution in [-0.2, 0) is 16.1 Å². The number of nitrogens with zero attached hydrogens (tertiary/aromatic N) is 3. The lowest BCUT2D eigenvalue weighted by molar-refractivity contribution is -0.384. The molecule has 0 saturated heterocycles. The largest absolute Gasteiger partial charge is 0.481 e. The van der Waals surface area contributed by atoms with Crippen molar-refractivity contribution in [2.24, 2.45) is 0 Å². The molecule has 0 bridgehead atoms. The number of nitro benzene ring substituents is 1. The van der Waals surface area contributed by atoms with Crippen LogP contribution in [0.1, 0.15) is 18.9 Å². The van der Waals surface area contributed by atoms with Crippen molar-refractivity contribution in [1.82, 2.24) is 9.78 Å². The summed E-state index contributed by atoms with van der Waals surface area (Å²) in [5.41, 5.74) is 1.75.